The molecule has 0 rings (SSSR count). The quantitative estimate of drug-likeness (QED) is 0.381. The van der Waals surface area contributed by atoms with E-state index in [0.717, 1.165) is 6.42 Å². The first-order chi connectivity index (χ1) is 14.3. The Morgan fingerprint density at radius 1 is 1.00 bits per heavy atom. The summed E-state index contributed by atoms with van der Waals surface area (Å²) >= 11 is 0. The molecule has 7 nitrogen and oxygen atoms in total. The van der Waals surface area contributed by atoms with Crippen LogP contribution in [-0.4, -0.2) is 58.5 Å². The molecule has 180 valence electrons. The largest absolute Gasteiger partial charge is 0.478 e. The predicted octanol–water partition coefficient (Wildman–Crippen LogP) is 3.59. The van der Waals surface area contributed by atoms with Gasteiger partial charge >= 0.3 is 5.97 Å². The van der Waals surface area contributed by atoms with Gasteiger partial charge in [-0.15, -0.1) is 0 Å². The standard InChI is InChI=1S/C24H45N3O4/c1-11-18(9)26-24(12-2,13-3)23(31)25-20(16(6)7)21(28)27(10)19(15(4)5)14-17(8)22(29)30/h14-16,18-20,26H,11-13H2,1-10H3,(H,25,31)(H,29,30)/b17-14+/t18?,19-,20?/m1/s1. The highest BCUT2D eigenvalue weighted by molar-refractivity contribution is 5.92. The molecule has 0 fully saturated rings. The predicted molar refractivity (Wildman–Crippen MR) is 126 cm³/mol. The van der Waals surface area contributed by atoms with Crippen molar-refractivity contribution in [1.82, 2.24) is 15.5 Å². The molecule has 0 aromatic rings. The molecule has 0 aliphatic rings. The summed E-state index contributed by atoms with van der Waals surface area (Å²) in [5, 5.41) is 15.7. The lowest BCUT2D eigenvalue weighted by molar-refractivity contribution is -0.140. The van der Waals surface area contributed by atoms with Crippen LogP contribution in [0.3, 0.4) is 0 Å². The number of aliphatic carboxylic acids is 1. The second kappa shape index (κ2) is 12.8. The van der Waals surface area contributed by atoms with Gasteiger partial charge in [-0.2, -0.15) is 0 Å². The summed E-state index contributed by atoms with van der Waals surface area (Å²) in [5.41, 5.74) is -0.546. The van der Waals surface area contributed by atoms with Crippen molar-refractivity contribution >= 4 is 17.8 Å². The van der Waals surface area contributed by atoms with Gasteiger partial charge in [0.05, 0.1) is 11.6 Å². The van der Waals surface area contributed by atoms with Crippen molar-refractivity contribution in [3.8, 4) is 0 Å². The second-order valence-corrected chi connectivity index (χ2v) is 9.28. The lowest BCUT2D eigenvalue weighted by Crippen LogP contribution is -2.63. The molecule has 31 heavy (non-hydrogen) atoms. The first-order valence-corrected chi connectivity index (χ1v) is 11.5. The summed E-state index contributed by atoms with van der Waals surface area (Å²) in [7, 11) is 1.67. The summed E-state index contributed by atoms with van der Waals surface area (Å²) in [6.45, 7) is 17.3. The van der Waals surface area contributed by atoms with Gasteiger partial charge in [0.2, 0.25) is 11.8 Å². The fraction of sp³-hybridized carbons (Fsp3) is 0.792. The van der Waals surface area contributed by atoms with E-state index in [1.807, 2.05) is 41.5 Å². The number of amides is 2. The van der Waals surface area contributed by atoms with Crippen molar-refractivity contribution in [3.63, 3.8) is 0 Å². The second-order valence-electron chi connectivity index (χ2n) is 9.28. The van der Waals surface area contributed by atoms with Crippen LogP contribution in [0.25, 0.3) is 0 Å². The highest BCUT2D eigenvalue weighted by Crippen LogP contribution is 2.20. The molecule has 0 saturated heterocycles. The number of nitrogens with zero attached hydrogens (tertiary/aromatic N) is 1. The molecule has 0 aliphatic carbocycles. The Morgan fingerprint density at radius 3 is 1.87 bits per heavy atom. The van der Waals surface area contributed by atoms with Gasteiger partial charge in [-0.3, -0.25) is 9.59 Å². The number of carboxylic acids is 1. The zero-order valence-corrected chi connectivity index (χ0v) is 21.2. The van der Waals surface area contributed by atoms with Gasteiger partial charge in [-0.25, -0.2) is 4.79 Å². The minimum atomic E-state index is -1.01. The van der Waals surface area contributed by atoms with Crippen LogP contribution in [-0.2, 0) is 14.4 Å². The van der Waals surface area contributed by atoms with E-state index in [2.05, 4.69) is 24.5 Å². The fourth-order valence-electron chi connectivity index (χ4n) is 3.65. The average molecular weight is 440 g/mol. The minimum absolute atomic E-state index is 0.0178. The Kier molecular flexibility index (Phi) is 12.1. The first kappa shape index (κ1) is 29.1. The highest BCUT2D eigenvalue weighted by atomic mass is 16.4. The van der Waals surface area contributed by atoms with Crippen molar-refractivity contribution < 1.29 is 19.5 Å². The number of carbonyl (C=O) groups excluding carboxylic acids is 2. The number of carbonyl (C=O) groups is 3. The van der Waals surface area contributed by atoms with Gasteiger partial charge in [0, 0.05) is 18.7 Å². The zero-order valence-electron chi connectivity index (χ0n) is 21.2. The molecule has 0 bridgehead atoms. The smallest absolute Gasteiger partial charge is 0.331 e. The molecule has 0 radical (unpaired) electrons. The third kappa shape index (κ3) is 7.95. The van der Waals surface area contributed by atoms with Crippen LogP contribution in [0.2, 0.25) is 0 Å². The summed E-state index contributed by atoms with van der Waals surface area (Å²) in [6.07, 6.45) is 3.74. The molecule has 7 heteroatoms. The van der Waals surface area contributed by atoms with E-state index >= 15 is 0 Å². The van der Waals surface area contributed by atoms with E-state index in [4.69, 9.17) is 0 Å². The maximum Gasteiger partial charge on any atom is 0.331 e. The van der Waals surface area contributed by atoms with Crippen LogP contribution in [0.15, 0.2) is 11.6 Å². The van der Waals surface area contributed by atoms with Crippen LogP contribution >= 0.6 is 0 Å². The summed E-state index contributed by atoms with van der Waals surface area (Å²) in [6, 6.07) is -0.911. The number of likely N-dealkylation sites (N-methyl/N-ethyl adjacent to an activating group) is 1. The minimum Gasteiger partial charge on any atom is -0.478 e. The number of hydrogen-bond acceptors (Lipinski definition) is 4. The molecular weight excluding hydrogens is 394 g/mol. The van der Waals surface area contributed by atoms with Crippen molar-refractivity contribution in [1.29, 1.82) is 0 Å². The molecule has 3 atom stereocenters. The number of rotatable bonds is 13. The molecule has 0 spiro atoms. The summed E-state index contributed by atoms with van der Waals surface area (Å²) in [5.74, 6) is -1.50. The Labute approximate surface area is 189 Å². The molecule has 0 saturated carbocycles. The van der Waals surface area contributed by atoms with Gasteiger partial charge in [0.25, 0.3) is 0 Å². The van der Waals surface area contributed by atoms with Gasteiger partial charge < -0.3 is 20.6 Å². The lowest BCUT2D eigenvalue weighted by Gasteiger charge is -2.38. The number of hydrogen-bond donors (Lipinski definition) is 3. The van der Waals surface area contributed by atoms with Crippen LogP contribution in [0.1, 0.15) is 81.6 Å². The van der Waals surface area contributed by atoms with Gasteiger partial charge in [-0.05, 0) is 44.9 Å². The van der Waals surface area contributed by atoms with Crippen LogP contribution in [0, 0.1) is 11.8 Å². The Morgan fingerprint density at radius 2 is 1.52 bits per heavy atom. The van der Waals surface area contributed by atoms with Gasteiger partial charge in [0.15, 0.2) is 0 Å². The van der Waals surface area contributed by atoms with Crippen LogP contribution in [0.5, 0.6) is 0 Å². The molecule has 0 aromatic carbocycles. The topological polar surface area (TPSA) is 98.7 Å². The third-order valence-electron chi connectivity index (χ3n) is 6.23. The normalized spacial score (nSPS) is 15.5. The average Bonchev–Trinajstić information content (AvgIpc) is 2.71. The molecule has 2 unspecified atom stereocenters. The van der Waals surface area contributed by atoms with Crippen LogP contribution < -0.4 is 10.6 Å². The Bertz CT molecular complexity index is 639. The number of nitrogens with one attached hydrogen (secondary N) is 2. The molecule has 0 heterocycles. The maximum absolute atomic E-state index is 13.4. The van der Waals surface area contributed by atoms with E-state index in [9.17, 15) is 19.5 Å². The monoisotopic (exact) mass is 439 g/mol. The maximum atomic E-state index is 13.4. The molecule has 2 amide bonds. The Hall–Kier alpha value is -1.89. The van der Waals surface area contributed by atoms with Crippen molar-refractivity contribution in [2.45, 2.75) is 105 Å². The molecule has 0 aliphatic heterocycles. The van der Waals surface area contributed by atoms with E-state index in [0.29, 0.717) is 12.8 Å². The third-order valence-corrected chi connectivity index (χ3v) is 6.23. The Balaban J connectivity index is 5.85. The van der Waals surface area contributed by atoms with E-state index in [1.165, 1.54) is 6.92 Å². The lowest BCUT2D eigenvalue weighted by atomic mass is 9.89. The first-order valence-electron chi connectivity index (χ1n) is 11.5. The van der Waals surface area contributed by atoms with Crippen LogP contribution in [0.4, 0.5) is 0 Å². The zero-order chi connectivity index (χ0) is 24.5. The van der Waals surface area contributed by atoms with Crippen molar-refractivity contribution in [3.05, 3.63) is 11.6 Å². The SMILES string of the molecule is CCC(C)NC(CC)(CC)C(=O)NC(C(=O)N(C)[C@H](/C=C(\C)C(=O)O)C(C)C)C(C)C. The highest BCUT2D eigenvalue weighted by Gasteiger charge is 2.39. The summed E-state index contributed by atoms with van der Waals surface area (Å²) < 4.78 is 0. The molecule has 3 N–H and O–H groups in total. The van der Waals surface area contributed by atoms with Gasteiger partial charge in [-0.1, -0.05) is 54.5 Å². The molecular formula is C24H45N3O4. The van der Waals surface area contributed by atoms with E-state index in [-0.39, 0.29) is 41.3 Å². The fourth-order valence-corrected chi connectivity index (χ4v) is 3.65. The van der Waals surface area contributed by atoms with Gasteiger partial charge in [0.1, 0.15) is 6.04 Å². The summed E-state index contributed by atoms with van der Waals surface area (Å²) in [4.78, 5) is 39.6. The van der Waals surface area contributed by atoms with Crippen molar-refractivity contribution in [2.24, 2.45) is 11.8 Å². The number of carboxylic acid groups (broad SMARTS) is 1. The van der Waals surface area contributed by atoms with E-state index in [1.54, 1.807) is 18.0 Å². The molecule has 0 aromatic heterocycles. The van der Waals surface area contributed by atoms with E-state index < -0.39 is 17.6 Å². The van der Waals surface area contributed by atoms with Crippen molar-refractivity contribution in [2.75, 3.05) is 7.05 Å².